The molecule has 182 valence electrons. The van der Waals surface area contributed by atoms with E-state index in [0.717, 1.165) is 22.6 Å². The Labute approximate surface area is 213 Å². The van der Waals surface area contributed by atoms with Crippen LogP contribution in [0.3, 0.4) is 0 Å². The number of rotatable bonds is 6. The molecule has 36 heavy (non-hydrogen) atoms. The van der Waals surface area contributed by atoms with E-state index in [-0.39, 0.29) is 23.6 Å². The second-order valence-electron chi connectivity index (χ2n) is 7.82. The van der Waals surface area contributed by atoms with Gasteiger partial charge in [-0.25, -0.2) is 14.1 Å². The third-order valence-corrected chi connectivity index (χ3v) is 5.65. The summed E-state index contributed by atoms with van der Waals surface area (Å²) in [6.45, 7) is 1.61. The van der Waals surface area contributed by atoms with Gasteiger partial charge in [0, 0.05) is 15.7 Å². The molecule has 0 atom stereocenters. The highest BCUT2D eigenvalue weighted by Gasteiger charge is 2.37. The van der Waals surface area contributed by atoms with Crippen molar-refractivity contribution in [2.24, 2.45) is 0 Å². The lowest BCUT2D eigenvalue weighted by Gasteiger charge is -2.26. The number of aryl methyl sites for hydroxylation is 1. The molecule has 1 saturated heterocycles. The van der Waals surface area contributed by atoms with Crippen LogP contribution in [0.15, 0.2) is 76.8 Å². The fraction of sp³-hybridized carbons (Fsp3) is 0.0769. The van der Waals surface area contributed by atoms with Crippen molar-refractivity contribution in [3.05, 3.63) is 93.7 Å². The molecular weight excluding hydrogens is 533 g/mol. The maximum atomic E-state index is 13.3. The number of benzene rings is 3. The number of amides is 5. The van der Waals surface area contributed by atoms with Gasteiger partial charge in [-0.1, -0.05) is 33.6 Å². The number of carbonyl (C=O) groups excluding carboxylic acids is 4. The Morgan fingerprint density at radius 1 is 1.06 bits per heavy atom. The second-order valence-corrected chi connectivity index (χ2v) is 8.73. The quantitative estimate of drug-likeness (QED) is 0.344. The van der Waals surface area contributed by atoms with Crippen LogP contribution in [-0.4, -0.2) is 30.4 Å². The molecule has 2 N–H and O–H groups in total. The number of hydrogen-bond donors (Lipinski definition) is 2. The minimum absolute atomic E-state index is 0.0933. The number of carbonyl (C=O) groups is 4. The van der Waals surface area contributed by atoms with E-state index in [2.05, 4.69) is 26.6 Å². The van der Waals surface area contributed by atoms with Gasteiger partial charge >= 0.3 is 6.03 Å². The first-order valence-corrected chi connectivity index (χ1v) is 11.5. The molecular formula is C26H19BrFN3O5. The molecule has 0 unspecified atom stereocenters. The number of urea groups is 1. The summed E-state index contributed by atoms with van der Waals surface area (Å²) in [6.07, 6.45) is 1.26. The van der Waals surface area contributed by atoms with Crippen molar-refractivity contribution in [3.63, 3.8) is 0 Å². The van der Waals surface area contributed by atoms with Crippen LogP contribution in [-0.2, 0) is 14.4 Å². The van der Waals surface area contributed by atoms with E-state index < -0.39 is 29.6 Å². The van der Waals surface area contributed by atoms with Crippen LogP contribution < -0.4 is 20.3 Å². The van der Waals surface area contributed by atoms with E-state index in [1.54, 1.807) is 30.3 Å². The van der Waals surface area contributed by atoms with E-state index in [4.69, 9.17) is 4.74 Å². The Morgan fingerprint density at radius 3 is 2.44 bits per heavy atom. The maximum Gasteiger partial charge on any atom is 0.335 e. The summed E-state index contributed by atoms with van der Waals surface area (Å²) in [5.41, 5.74) is 1.74. The highest BCUT2D eigenvalue weighted by atomic mass is 79.9. The third-order valence-electron chi connectivity index (χ3n) is 5.15. The van der Waals surface area contributed by atoms with Gasteiger partial charge in [-0.15, -0.1) is 0 Å². The molecule has 0 saturated carbocycles. The minimum atomic E-state index is -0.952. The zero-order valence-electron chi connectivity index (χ0n) is 18.9. The number of halogens is 2. The summed E-state index contributed by atoms with van der Waals surface area (Å²) < 4.78 is 19.6. The zero-order chi connectivity index (χ0) is 25.8. The number of anilines is 2. The topological polar surface area (TPSA) is 105 Å². The average molecular weight is 552 g/mol. The van der Waals surface area contributed by atoms with Crippen LogP contribution in [0, 0.1) is 12.7 Å². The van der Waals surface area contributed by atoms with Gasteiger partial charge in [0.05, 0.1) is 5.69 Å². The fourth-order valence-corrected chi connectivity index (χ4v) is 3.76. The lowest BCUT2D eigenvalue weighted by molar-refractivity contribution is -0.122. The van der Waals surface area contributed by atoms with Gasteiger partial charge in [0.15, 0.2) is 6.61 Å². The Morgan fingerprint density at radius 2 is 1.75 bits per heavy atom. The Hall–Kier alpha value is -4.31. The minimum Gasteiger partial charge on any atom is -0.483 e. The predicted octanol–water partition coefficient (Wildman–Crippen LogP) is 4.58. The maximum absolute atomic E-state index is 13.3. The van der Waals surface area contributed by atoms with Gasteiger partial charge in [-0.3, -0.25) is 19.7 Å². The number of imide groups is 2. The van der Waals surface area contributed by atoms with Gasteiger partial charge in [0.2, 0.25) is 0 Å². The van der Waals surface area contributed by atoms with Crippen molar-refractivity contribution in [2.75, 3.05) is 16.8 Å². The van der Waals surface area contributed by atoms with Crippen LogP contribution in [0.5, 0.6) is 5.75 Å². The molecule has 1 aliphatic rings. The number of nitrogens with zero attached hydrogens (tertiary/aromatic N) is 1. The molecule has 0 aromatic heterocycles. The molecule has 0 radical (unpaired) electrons. The Bertz CT molecular complexity index is 1390. The SMILES string of the molecule is Cc1ccc(NC(=O)COc2ccc(Br)cc2/C=C2\C(=O)NC(=O)N(c3ccc(F)cc3)C2=O)cc1. The molecule has 1 heterocycles. The van der Waals surface area contributed by atoms with Crippen LogP contribution in [0.2, 0.25) is 0 Å². The molecule has 8 nitrogen and oxygen atoms in total. The molecule has 4 rings (SSSR count). The molecule has 1 fully saturated rings. The van der Waals surface area contributed by atoms with E-state index in [1.165, 1.54) is 18.2 Å². The number of hydrogen-bond acceptors (Lipinski definition) is 5. The lowest BCUT2D eigenvalue weighted by atomic mass is 10.1. The first-order chi connectivity index (χ1) is 17.2. The first kappa shape index (κ1) is 24.8. The van der Waals surface area contributed by atoms with E-state index >= 15 is 0 Å². The van der Waals surface area contributed by atoms with Crippen molar-refractivity contribution in [1.29, 1.82) is 0 Å². The van der Waals surface area contributed by atoms with Crippen molar-refractivity contribution < 1.29 is 28.3 Å². The normalized spacial score (nSPS) is 14.6. The molecule has 0 bridgehead atoms. The number of ether oxygens (including phenoxy) is 1. The molecule has 3 aromatic rings. The summed E-state index contributed by atoms with van der Waals surface area (Å²) in [6, 6.07) is 15.8. The van der Waals surface area contributed by atoms with E-state index in [0.29, 0.717) is 15.7 Å². The van der Waals surface area contributed by atoms with Crippen LogP contribution in [0.4, 0.5) is 20.6 Å². The lowest BCUT2D eigenvalue weighted by Crippen LogP contribution is -2.54. The van der Waals surface area contributed by atoms with Gasteiger partial charge in [0.25, 0.3) is 17.7 Å². The van der Waals surface area contributed by atoms with Gasteiger partial charge in [0.1, 0.15) is 17.1 Å². The van der Waals surface area contributed by atoms with Gasteiger partial charge in [-0.05, 0) is 67.6 Å². The summed E-state index contributed by atoms with van der Waals surface area (Å²) in [7, 11) is 0. The first-order valence-electron chi connectivity index (χ1n) is 10.7. The van der Waals surface area contributed by atoms with Gasteiger partial charge < -0.3 is 10.1 Å². The van der Waals surface area contributed by atoms with Crippen LogP contribution in [0.1, 0.15) is 11.1 Å². The summed E-state index contributed by atoms with van der Waals surface area (Å²) >= 11 is 3.34. The van der Waals surface area contributed by atoms with Crippen molar-refractivity contribution in [3.8, 4) is 5.75 Å². The predicted molar refractivity (Wildman–Crippen MR) is 135 cm³/mol. The number of nitrogens with one attached hydrogen (secondary N) is 2. The smallest absolute Gasteiger partial charge is 0.335 e. The zero-order valence-corrected chi connectivity index (χ0v) is 20.5. The van der Waals surface area contributed by atoms with Crippen molar-refractivity contribution in [1.82, 2.24) is 5.32 Å². The highest BCUT2D eigenvalue weighted by molar-refractivity contribution is 9.10. The summed E-state index contributed by atoms with van der Waals surface area (Å²) in [5, 5.41) is 4.83. The molecule has 0 spiro atoms. The number of barbiturate groups is 1. The molecule has 5 amide bonds. The average Bonchev–Trinajstić information content (AvgIpc) is 2.84. The Balaban J connectivity index is 1.57. The molecule has 3 aromatic carbocycles. The van der Waals surface area contributed by atoms with Gasteiger partial charge in [-0.2, -0.15) is 0 Å². The monoisotopic (exact) mass is 551 g/mol. The molecule has 0 aliphatic carbocycles. The van der Waals surface area contributed by atoms with Crippen molar-refractivity contribution in [2.45, 2.75) is 6.92 Å². The highest BCUT2D eigenvalue weighted by Crippen LogP contribution is 2.28. The standard InChI is InChI=1S/C26H19BrFN3O5/c1-15-2-7-19(8-3-15)29-23(32)14-36-22-11-4-17(27)12-16(22)13-21-24(33)30-26(35)31(25(21)34)20-9-5-18(28)6-10-20/h2-13H,14H2,1H3,(H,29,32)(H,30,33,35)/b21-13+. The third kappa shape index (κ3) is 5.66. The summed E-state index contributed by atoms with van der Waals surface area (Å²) in [4.78, 5) is 51.0. The Kier molecular flexibility index (Phi) is 7.25. The fourth-order valence-electron chi connectivity index (χ4n) is 3.38. The molecule has 1 aliphatic heterocycles. The van der Waals surface area contributed by atoms with Crippen LogP contribution >= 0.6 is 15.9 Å². The van der Waals surface area contributed by atoms with Crippen LogP contribution in [0.25, 0.3) is 6.08 Å². The summed E-state index contributed by atoms with van der Waals surface area (Å²) in [5.74, 6) is -2.50. The van der Waals surface area contributed by atoms with Crippen molar-refractivity contribution >= 4 is 57.1 Å². The second kappa shape index (κ2) is 10.5. The largest absolute Gasteiger partial charge is 0.483 e. The van der Waals surface area contributed by atoms with E-state index in [1.807, 2.05) is 19.1 Å². The molecule has 10 heteroatoms. The van der Waals surface area contributed by atoms with E-state index in [9.17, 15) is 23.6 Å².